The third-order valence-electron chi connectivity index (χ3n) is 5.94. The Hall–Kier alpha value is -4.27. The Morgan fingerprint density at radius 3 is 2.42 bits per heavy atom. The largest absolute Gasteiger partial charge is 0.426 e. The molecule has 0 saturated carbocycles. The summed E-state index contributed by atoms with van der Waals surface area (Å²) in [5, 5.41) is 3.47. The van der Waals surface area contributed by atoms with Crippen molar-refractivity contribution in [3.05, 3.63) is 126 Å². The van der Waals surface area contributed by atoms with Gasteiger partial charge >= 0.3 is 5.97 Å². The fourth-order valence-electron chi connectivity index (χ4n) is 4.28. The number of thiazole rings is 1. The van der Waals surface area contributed by atoms with E-state index >= 15 is 0 Å². The molecule has 1 amide bonds. The van der Waals surface area contributed by atoms with Gasteiger partial charge in [-0.3, -0.25) is 19.0 Å². The number of allylic oxidation sites excluding steroid dienone is 1. The minimum atomic E-state index is -0.724. The van der Waals surface area contributed by atoms with Crippen LogP contribution in [-0.4, -0.2) is 16.4 Å². The number of amides is 1. The normalized spacial score (nSPS) is 15.0. The predicted octanol–water partition coefficient (Wildman–Crippen LogP) is 4.45. The number of fused-ring (bicyclic) bond motifs is 1. The van der Waals surface area contributed by atoms with Gasteiger partial charge in [0.15, 0.2) is 4.80 Å². The van der Waals surface area contributed by atoms with E-state index in [4.69, 9.17) is 16.3 Å². The van der Waals surface area contributed by atoms with Crippen LogP contribution in [0.5, 0.6) is 5.75 Å². The van der Waals surface area contributed by atoms with Crippen molar-refractivity contribution in [2.45, 2.75) is 19.9 Å². The molecule has 38 heavy (non-hydrogen) atoms. The van der Waals surface area contributed by atoms with E-state index in [2.05, 4.69) is 10.3 Å². The molecule has 1 aliphatic heterocycles. The monoisotopic (exact) mass is 543 g/mol. The summed E-state index contributed by atoms with van der Waals surface area (Å²) in [6.45, 7) is 3.08. The summed E-state index contributed by atoms with van der Waals surface area (Å²) in [6.07, 6.45) is 1.67. The van der Waals surface area contributed by atoms with Gasteiger partial charge in [-0.1, -0.05) is 71.5 Å². The molecular weight excluding hydrogens is 522 g/mol. The van der Waals surface area contributed by atoms with Crippen LogP contribution in [0.1, 0.15) is 31.0 Å². The molecule has 1 aromatic heterocycles. The van der Waals surface area contributed by atoms with Gasteiger partial charge in [-0.15, -0.1) is 0 Å². The second kappa shape index (κ2) is 10.6. The number of ether oxygens (including phenoxy) is 1. The van der Waals surface area contributed by atoms with E-state index in [1.54, 1.807) is 73.7 Å². The lowest BCUT2D eigenvalue weighted by atomic mass is 9.95. The molecule has 2 heterocycles. The lowest BCUT2D eigenvalue weighted by Gasteiger charge is -2.25. The van der Waals surface area contributed by atoms with Crippen molar-refractivity contribution in [3.8, 4) is 5.75 Å². The van der Waals surface area contributed by atoms with Crippen LogP contribution in [0.2, 0.25) is 5.02 Å². The molecule has 7 nitrogen and oxygen atoms in total. The number of nitrogens with zero attached hydrogens (tertiary/aromatic N) is 2. The van der Waals surface area contributed by atoms with Crippen LogP contribution in [0, 0.1) is 0 Å². The van der Waals surface area contributed by atoms with E-state index in [9.17, 15) is 14.4 Å². The maximum Gasteiger partial charge on any atom is 0.308 e. The van der Waals surface area contributed by atoms with Gasteiger partial charge in [-0.05, 0) is 48.9 Å². The minimum Gasteiger partial charge on any atom is -0.426 e. The molecule has 0 bridgehead atoms. The van der Waals surface area contributed by atoms with Crippen molar-refractivity contribution in [3.63, 3.8) is 0 Å². The molecule has 4 aromatic rings. The van der Waals surface area contributed by atoms with Crippen molar-refractivity contribution in [1.82, 2.24) is 4.57 Å². The maximum absolute atomic E-state index is 13.8. The Kier molecular flexibility index (Phi) is 7.09. The third-order valence-corrected chi connectivity index (χ3v) is 7.18. The van der Waals surface area contributed by atoms with Crippen LogP contribution in [-0.2, 0) is 9.59 Å². The number of carbonyl (C=O) groups is 2. The smallest absolute Gasteiger partial charge is 0.308 e. The number of halogens is 1. The summed E-state index contributed by atoms with van der Waals surface area (Å²) >= 11 is 7.35. The number of benzene rings is 3. The zero-order valence-electron chi connectivity index (χ0n) is 20.5. The SMILES string of the molecule is CC(=O)Oc1ccccc1C=c1sc2n(c1=O)C(c1ccc(Cl)cc1)C(C(=O)Nc1ccccc1)=C(C)N=2. The number of hydrogen-bond donors (Lipinski definition) is 1. The standard InChI is InChI=1S/C29H22ClN3O4S/c1-17-25(27(35)32-22-9-4-3-5-10-22)26(19-12-14-21(30)15-13-19)33-28(36)24(38-29(33)31-17)16-20-8-6-7-11-23(20)37-18(2)34/h3-16,26H,1-2H3,(H,32,35). The van der Waals surface area contributed by atoms with Gasteiger partial charge in [0.25, 0.3) is 11.5 Å². The molecule has 0 fully saturated rings. The van der Waals surface area contributed by atoms with E-state index in [-0.39, 0.29) is 11.5 Å². The summed E-state index contributed by atoms with van der Waals surface area (Å²) in [5.41, 5.74) is 2.47. The highest BCUT2D eigenvalue weighted by molar-refractivity contribution is 7.07. The fraction of sp³-hybridized carbons (Fsp3) is 0.103. The quantitative estimate of drug-likeness (QED) is 0.297. The number of nitrogens with one attached hydrogen (secondary N) is 1. The molecule has 0 saturated heterocycles. The molecule has 0 aliphatic carbocycles. The summed E-state index contributed by atoms with van der Waals surface area (Å²) < 4.78 is 7.23. The van der Waals surface area contributed by atoms with Gasteiger partial charge in [0, 0.05) is 23.2 Å². The van der Waals surface area contributed by atoms with Crippen LogP contribution in [0.25, 0.3) is 6.08 Å². The number of hydrogen-bond acceptors (Lipinski definition) is 6. The van der Waals surface area contributed by atoms with Crippen LogP contribution >= 0.6 is 22.9 Å². The highest BCUT2D eigenvalue weighted by atomic mass is 35.5. The number of carbonyl (C=O) groups excluding carboxylic acids is 2. The third kappa shape index (κ3) is 5.09. The number of para-hydroxylation sites is 2. The Morgan fingerprint density at radius 2 is 1.71 bits per heavy atom. The molecule has 3 aromatic carbocycles. The van der Waals surface area contributed by atoms with Crippen LogP contribution in [0.4, 0.5) is 5.69 Å². The highest BCUT2D eigenvalue weighted by Gasteiger charge is 2.32. The first kappa shape index (κ1) is 25.4. The summed E-state index contributed by atoms with van der Waals surface area (Å²) in [6, 6.07) is 22.4. The molecule has 9 heteroatoms. The molecule has 1 aliphatic rings. The Balaban J connectivity index is 1.67. The average molecular weight is 544 g/mol. The molecule has 1 atom stereocenters. The first-order chi connectivity index (χ1) is 18.3. The van der Waals surface area contributed by atoms with Gasteiger partial charge in [-0.2, -0.15) is 0 Å². The fourth-order valence-corrected chi connectivity index (χ4v) is 5.44. The first-order valence-electron chi connectivity index (χ1n) is 11.7. The summed E-state index contributed by atoms with van der Waals surface area (Å²) in [4.78, 5) is 44.1. The topological polar surface area (TPSA) is 89.8 Å². The average Bonchev–Trinajstić information content (AvgIpc) is 3.19. The summed E-state index contributed by atoms with van der Waals surface area (Å²) in [5.74, 6) is -0.467. The van der Waals surface area contributed by atoms with E-state index in [0.717, 1.165) is 5.56 Å². The molecule has 5 rings (SSSR count). The Labute approximate surface area is 227 Å². The lowest BCUT2D eigenvalue weighted by Crippen LogP contribution is -2.40. The maximum atomic E-state index is 13.8. The first-order valence-corrected chi connectivity index (χ1v) is 12.9. The summed E-state index contributed by atoms with van der Waals surface area (Å²) in [7, 11) is 0. The van der Waals surface area contributed by atoms with Gasteiger partial charge in [0.2, 0.25) is 0 Å². The van der Waals surface area contributed by atoms with Crippen molar-refractivity contribution in [1.29, 1.82) is 0 Å². The van der Waals surface area contributed by atoms with Gasteiger partial charge in [0.05, 0.1) is 21.8 Å². The predicted molar refractivity (Wildman–Crippen MR) is 148 cm³/mol. The van der Waals surface area contributed by atoms with Crippen LogP contribution in [0.3, 0.4) is 0 Å². The van der Waals surface area contributed by atoms with Crippen molar-refractivity contribution < 1.29 is 14.3 Å². The Bertz CT molecular complexity index is 1760. The van der Waals surface area contributed by atoms with Gasteiger partial charge in [0.1, 0.15) is 5.75 Å². The molecule has 0 spiro atoms. The molecule has 1 unspecified atom stereocenters. The van der Waals surface area contributed by atoms with E-state index < -0.39 is 12.0 Å². The van der Waals surface area contributed by atoms with Gasteiger partial charge in [-0.25, -0.2) is 4.99 Å². The molecular formula is C29H22ClN3O4S. The van der Waals surface area contributed by atoms with Crippen molar-refractivity contribution in [2.75, 3.05) is 5.32 Å². The Morgan fingerprint density at radius 1 is 1.03 bits per heavy atom. The van der Waals surface area contributed by atoms with Crippen molar-refractivity contribution >= 4 is 46.6 Å². The lowest BCUT2D eigenvalue weighted by molar-refractivity contribution is -0.131. The molecule has 0 radical (unpaired) electrons. The number of esters is 1. The molecule has 190 valence electrons. The number of aromatic nitrogens is 1. The van der Waals surface area contributed by atoms with Crippen LogP contribution < -0.4 is 24.9 Å². The zero-order chi connectivity index (χ0) is 26.8. The number of anilines is 1. The van der Waals surface area contributed by atoms with E-state index in [0.29, 0.717) is 42.6 Å². The number of rotatable bonds is 5. The second-order valence-corrected chi connectivity index (χ2v) is 10.0. The second-order valence-electron chi connectivity index (χ2n) is 8.58. The molecule has 1 N–H and O–H groups in total. The highest BCUT2D eigenvalue weighted by Crippen LogP contribution is 2.31. The minimum absolute atomic E-state index is 0.316. The van der Waals surface area contributed by atoms with E-state index in [1.165, 1.54) is 22.8 Å². The zero-order valence-corrected chi connectivity index (χ0v) is 22.0. The van der Waals surface area contributed by atoms with E-state index in [1.807, 2.05) is 18.2 Å². The van der Waals surface area contributed by atoms with Crippen molar-refractivity contribution in [2.24, 2.45) is 4.99 Å². The van der Waals surface area contributed by atoms with Crippen LogP contribution in [0.15, 0.2) is 99.9 Å². The van der Waals surface area contributed by atoms with Gasteiger partial charge < -0.3 is 10.1 Å².